The first-order valence-electron chi connectivity index (χ1n) is 6.60. The van der Waals surface area contributed by atoms with E-state index in [1.54, 1.807) is 14.0 Å². The molecule has 1 aromatic rings. The number of amides is 1. The lowest BCUT2D eigenvalue weighted by Crippen LogP contribution is -2.47. The second kappa shape index (κ2) is 7.26. The van der Waals surface area contributed by atoms with E-state index in [1.165, 1.54) is 0 Å². The molecule has 0 aliphatic heterocycles. The molecule has 0 radical (unpaired) electrons. The number of likely N-dealkylation sites (N-methyl/N-ethyl adjacent to an activating group) is 1. The Hall–Kier alpha value is -1.59. The van der Waals surface area contributed by atoms with Gasteiger partial charge in [0.1, 0.15) is 5.75 Å². The minimum absolute atomic E-state index is 0.131. The maximum atomic E-state index is 11.9. The normalized spacial score (nSPS) is 13.9. The van der Waals surface area contributed by atoms with Gasteiger partial charge in [-0.25, -0.2) is 0 Å². The second-order valence-electron chi connectivity index (χ2n) is 5.50. The van der Waals surface area contributed by atoms with Crippen LogP contribution < -0.4 is 10.1 Å². The maximum absolute atomic E-state index is 11.9. The van der Waals surface area contributed by atoms with E-state index in [4.69, 9.17) is 4.74 Å². The molecule has 0 aromatic heterocycles. The van der Waals surface area contributed by atoms with Crippen molar-refractivity contribution in [3.8, 4) is 5.75 Å². The van der Waals surface area contributed by atoms with Crippen LogP contribution in [0.25, 0.3) is 0 Å². The molecular weight excluding hydrogens is 256 g/mol. The minimum Gasteiger partial charge on any atom is -0.496 e. The van der Waals surface area contributed by atoms with Crippen LogP contribution in [0.4, 0.5) is 0 Å². The Labute approximate surface area is 120 Å². The Balaban J connectivity index is 2.52. The predicted octanol–water partition coefficient (Wildman–Crippen LogP) is 0.666. The van der Waals surface area contributed by atoms with Gasteiger partial charge in [-0.3, -0.25) is 4.79 Å². The van der Waals surface area contributed by atoms with E-state index < -0.39 is 5.60 Å². The summed E-state index contributed by atoms with van der Waals surface area (Å²) in [5.41, 5.74) is -0.111. The highest BCUT2D eigenvalue weighted by Crippen LogP contribution is 2.17. The summed E-state index contributed by atoms with van der Waals surface area (Å²) < 4.78 is 5.21. The molecule has 1 atom stereocenters. The zero-order valence-electron chi connectivity index (χ0n) is 12.6. The molecule has 5 nitrogen and oxygen atoms in total. The summed E-state index contributed by atoms with van der Waals surface area (Å²) in [4.78, 5) is 13.8. The summed E-state index contributed by atoms with van der Waals surface area (Å²) in [7, 11) is 5.34. The SMILES string of the molecule is COc1ccccc1CC(=O)NCC(C)(O)CN(C)C. The number of rotatable bonds is 7. The van der Waals surface area contributed by atoms with Gasteiger partial charge < -0.3 is 20.1 Å². The molecule has 1 rings (SSSR count). The van der Waals surface area contributed by atoms with Crippen molar-refractivity contribution in [1.82, 2.24) is 10.2 Å². The smallest absolute Gasteiger partial charge is 0.224 e. The third-order valence-corrected chi connectivity index (χ3v) is 2.87. The Kier molecular flexibility index (Phi) is 5.98. The van der Waals surface area contributed by atoms with E-state index in [9.17, 15) is 9.90 Å². The van der Waals surface area contributed by atoms with Crippen LogP contribution in [0.15, 0.2) is 24.3 Å². The molecule has 1 aromatic carbocycles. The average Bonchev–Trinajstić information content (AvgIpc) is 2.36. The van der Waals surface area contributed by atoms with Crippen LogP contribution in [-0.4, -0.2) is 55.8 Å². The number of hydrogen-bond donors (Lipinski definition) is 2. The monoisotopic (exact) mass is 280 g/mol. The Bertz CT molecular complexity index is 444. The lowest BCUT2D eigenvalue weighted by Gasteiger charge is -2.27. The average molecular weight is 280 g/mol. The fraction of sp³-hybridized carbons (Fsp3) is 0.533. The number of ether oxygens (including phenoxy) is 1. The van der Waals surface area contributed by atoms with Crippen molar-refractivity contribution in [1.29, 1.82) is 0 Å². The van der Waals surface area contributed by atoms with Crippen molar-refractivity contribution in [2.45, 2.75) is 18.9 Å². The zero-order valence-corrected chi connectivity index (χ0v) is 12.6. The topological polar surface area (TPSA) is 61.8 Å². The van der Waals surface area contributed by atoms with Gasteiger partial charge in [-0.1, -0.05) is 18.2 Å². The molecule has 0 fully saturated rings. The molecule has 0 saturated carbocycles. The third kappa shape index (κ3) is 5.59. The number of hydrogen-bond acceptors (Lipinski definition) is 4. The molecule has 5 heteroatoms. The molecule has 20 heavy (non-hydrogen) atoms. The molecule has 0 spiro atoms. The fourth-order valence-corrected chi connectivity index (χ4v) is 2.11. The molecule has 0 heterocycles. The van der Waals surface area contributed by atoms with E-state index >= 15 is 0 Å². The van der Waals surface area contributed by atoms with E-state index in [0.29, 0.717) is 12.3 Å². The van der Waals surface area contributed by atoms with E-state index in [1.807, 2.05) is 43.3 Å². The number of benzene rings is 1. The Morgan fingerprint density at radius 1 is 1.40 bits per heavy atom. The number of nitrogens with one attached hydrogen (secondary N) is 1. The predicted molar refractivity (Wildman–Crippen MR) is 78.9 cm³/mol. The van der Waals surface area contributed by atoms with Crippen LogP contribution in [-0.2, 0) is 11.2 Å². The number of nitrogens with zero attached hydrogens (tertiary/aromatic N) is 1. The van der Waals surface area contributed by atoms with Crippen molar-refractivity contribution in [2.24, 2.45) is 0 Å². The molecule has 0 saturated heterocycles. The molecule has 1 unspecified atom stereocenters. The molecule has 0 aliphatic rings. The van der Waals surface area contributed by atoms with Crippen LogP contribution in [0.1, 0.15) is 12.5 Å². The molecule has 1 amide bonds. The molecule has 0 bridgehead atoms. The van der Waals surface area contributed by atoms with Crippen LogP contribution >= 0.6 is 0 Å². The maximum Gasteiger partial charge on any atom is 0.224 e. The summed E-state index contributed by atoms with van der Waals surface area (Å²) in [6.45, 7) is 2.41. The van der Waals surface area contributed by atoms with Crippen molar-refractivity contribution in [3.63, 3.8) is 0 Å². The Morgan fingerprint density at radius 2 is 2.05 bits per heavy atom. The number of carbonyl (C=O) groups excluding carboxylic acids is 1. The lowest BCUT2D eigenvalue weighted by atomic mass is 10.1. The first kappa shape index (κ1) is 16.5. The molecule has 0 aliphatic carbocycles. The third-order valence-electron chi connectivity index (χ3n) is 2.87. The van der Waals surface area contributed by atoms with Crippen LogP contribution in [0, 0.1) is 0 Å². The van der Waals surface area contributed by atoms with Crippen molar-refractivity contribution in [2.75, 3.05) is 34.3 Å². The van der Waals surface area contributed by atoms with Gasteiger partial charge in [-0.05, 0) is 27.1 Å². The molecular formula is C15H24N2O3. The minimum atomic E-state index is -0.945. The zero-order chi connectivity index (χ0) is 15.2. The standard InChI is InChI=1S/C15H24N2O3/c1-15(19,11-17(2)3)10-16-14(18)9-12-7-5-6-8-13(12)20-4/h5-8,19H,9-11H2,1-4H3,(H,16,18). The lowest BCUT2D eigenvalue weighted by molar-refractivity contribution is -0.121. The number of methoxy groups -OCH3 is 1. The fourth-order valence-electron chi connectivity index (χ4n) is 2.11. The highest BCUT2D eigenvalue weighted by atomic mass is 16.5. The quantitative estimate of drug-likeness (QED) is 0.770. The van der Waals surface area contributed by atoms with Gasteiger partial charge >= 0.3 is 0 Å². The van der Waals surface area contributed by atoms with Gasteiger partial charge in [-0.15, -0.1) is 0 Å². The number of carbonyl (C=O) groups is 1. The van der Waals surface area contributed by atoms with Gasteiger partial charge in [0.15, 0.2) is 0 Å². The summed E-state index contributed by atoms with van der Waals surface area (Å²) in [5, 5.41) is 12.9. The van der Waals surface area contributed by atoms with E-state index in [0.717, 1.165) is 5.56 Å². The highest BCUT2D eigenvalue weighted by Gasteiger charge is 2.22. The summed E-state index contributed by atoms with van der Waals surface area (Å²) in [6, 6.07) is 7.41. The Morgan fingerprint density at radius 3 is 2.65 bits per heavy atom. The van der Waals surface area contributed by atoms with E-state index in [2.05, 4.69) is 5.32 Å². The van der Waals surface area contributed by atoms with Crippen LogP contribution in [0.5, 0.6) is 5.75 Å². The van der Waals surface area contributed by atoms with Gasteiger partial charge in [0.25, 0.3) is 0 Å². The number of para-hydroxylation sites is 1. The largest absolute Gasteiger partial charge is 0.496 e. The first-order chi connectivity index (χ1) is 9.34. The van der Waals surface area contributed by atoms with Gasteiger partial charge in [0, 0.05) is 18.7 Å². The number of aliphatic hydroxyl groups is 1. The molecule has 112 valence electrons. The molecule has 2 N–H and O–H groups in total. The first-order valence-corrected chi connectivity index (χ1v) is 6.60. The van der Waals surface area contributed by atoms with Gasteiger partial charge in [0.05, 0.1) is 19.1 Å². The summed E-state index contributed by atoms with van der Waals surface area (Å²) in [5.74, 6) is 0.566. The van der Waals surface area contributed by atoms with E-state index in [-0.39, 0.29) is 18.9 Å². The second-order valence-corrected chi connectivity index (χ2v) is 5.50. The van der Waals surface area contributed by atoms with Crippen molar-refractivity contribution < 1.29 is 14.6 Å². The summed E-state index contributed by atoms with van der Waals surface area (Å²) >= 11 is 0. The highest BCUT2D eigenvalue weighted by molar-refractivity contribution is 5.79. The van der Waals surface area contributed by atoms with Crippen LogP contribution in [0.2, 0.25) is 0 Å². The van der Waals surface area contributed by atoms with Gasteiger partial charge in [-0.2, -0.15) is 0 Å². The summed E-state index contributed by atoms with van der Waals surface area (Å²) in [6.07, 6.45) is 0.238. The van der Waals surface area contributed by atoms with Crippen molar-refractivity contribution >= 4 is 5.91 Å². The van der Waals surface area contributed by atoms with Gasteiger partial charge in [0.2, 0.25) is 5.91 Å². The van der Waals surface area contributed by atoms with Crippen LogP contribution in [0.3, 0.4) is 0 Å². The van der Waals surface area contributed by atoms with Crippen molar-refractivity contribution in [3.05, 3.63) is 29.8 Å².